The van der Waals surface area contributed by atoms with Crippen LogP contribution in [0.15, 0.2) is 12.2 Å². The third-order valence-electron chi connectivity index (χ3n) is 2.82. The maximum Gasteiger partial charge on any atom is 0.155 e. The zero-order valence-electron chi connectivity index (χ0n) is 8.66. The molecule has 0 bridgehead atoms. The molecule has 14 heavy (non-hydrogen) atoms. The van der Waals surface area contributed by atoms with Gasteiger partial charge in [0.05, 0.1) is 10.5 Å². The molecular weight excluding hydrogens is 203 g/mol. The maximum atomic E-state index is 13.3. The quantitative estimate of drug-likeness (QED) is 0.669. The summed E-state index contributed by atoms with van der Waals surface area (Å²) in [5.41, 5.74) is 0.542. The van der Waals surface area contributed by atoms with Crippen molar-refractivity contribution in [2.45, 2.75) is 49.8 Å². The average Bonchev–Trinajstić information content (AvgIpc) is 2.09. The molecule has 2 unspecified atom stereocenters. The van der Waals surface area contributed by atoms with E-state index in [1.165, 1.54) is 0 Å². The molecule has 0 N–H and O–H groups in total. The van der Waals surface area contributed by atoms with Crippen LogP contribution in [-0.2, 0) is 9.84 Å². The van der Waals surface area contributed by atoms with Crippen LogP contribution in [-0.4, -0.2) is 25.1 Å². The molecule has 1 aliphatic carbocycles. The Kier molecular flexibility index (Phi) is 3.35. The fourth-order valence-corrected chi connectivity index (χ4v) is 3.36. The standard InChI is InChI=1S/C10H17FO2S/c1-7(2)14(12,13)9-5-4-8(3)10(11)6-9/h7,9-10H,3-6H2,1-2H3. The summed E-state index contributed by atoms with van der Waals surface area (Å²) in [4.78, 5) is 0. The van der Waals surface area contributed by atoms with Crippen LogP contribution in [0.3, 0.4) is 0 Å². The molecule has 1 fully saturated rings. The van der Waals surface area contributed by atoms with E-state index in [0.29, 0.717) is 18.4 Å². The molecule has 0 aromatic carbocycles. The minimum atomic E-state index is -3.14. The minimum Gasteiger partial charge on any atom is -0.243 e. The van der Waals surface area contributed by atoms with Crippen LogP contribution in [0.1, 0.15) is 33.1 Å². The first kappa shape index (κ1) is 11.7. The van der Waals surface area contributed by atoms with Gasteiger partial charge in [0.25, 0.3) is 0 Å². The second kappa shape index (κ2) is 4.01. The molecule has 0 spiro atoms. The lowest BCUT2D eigenvalue weighted by molar-refractivity contribution is 0.318. The van der Waals surface area contributed by atoms with Crippen LogP contribution in [0.25, 0.3) is 0 Å². The van der Waals surface area contributed by atoms with Crippen LogP contribution in [0, 0.1) is 0 Å². The molecule has 4 heteroatoms. The largest absolute Gasteiger partial charge is 0.243 e. The predicted molar refractivity (Wildman–Crippen MR) is 55.7 cm³/mol. The van der Waals surface area contributed by atoms with Gasteiger partial charge in [0.1, 0.15) is 6.17 Å². The lowest BCUT2D eigenvalue weighted by Crippen LogP contribution is -2.34. The lowest BCUT2D eigenvalue weighted by atomic mass is 9.94. The summed E-state index contributed by atoms with van der Waals surface area (Å²) in [5, 5.41) is -0.922. The first-order valence-corrected chi connectivity index (χ1v) is 6.51. The topological polar surface area (TPSA) is 34.1 Å². The van der Waals surface area contributed by atoms with E-state index in [-0.39, 0.29) is 6.42 Å². The monoisotopic (exact) mass is 220 g/mol. The van der Waals surface area contributed by atoms with Gasteiger partial charge in [-0.3, -0.25) is 0 Å². The molecule has 0 aromatic heterocycles. The Morgan fingerprint density at radius 2 is 2.07 bits per heavy atom. The Hall–Kier alpha value is -0.380. The molecule has 0 amide bonds. The van der Waals surface area contributed by atoms with Gasteiger partial charge in [0.15, 0.2) is 9.84 Å². The van der Waals surface area contributed by atoms with Crippen LogP contribution in [0.5, 0.6) is 0 Å². The zero-order chi connectivity index (χ0) is 10.9. The van der Waals surface area contributed by atoms with E-state index in [1.54, 1.807) is 13.8 Å². The second-order valence-corrected chi connectivity index (χ2v) is 6.95. The Balaban J connectivity index is 2.78. The summed E-state index contributed by atoms with van der Waals surface area (Å²) >= 11 is 0. The SMILES string of the molecule is C=C1CCC(S(=O)(=O)C(C)C)CC1F. The third kappa shape index (κ3) is 2.16. The highest BCUT2D eigenvalue weighted by Crippen LogP contribution is 2.30. The summed E-state index contributed by atoms with van der Waals surface area (Å²) in [6, 6.07) is 0. The smallest absolute Gasteiger partial charge is 0.155 e. The molecule has 0 aromatic rings. The Morgan fingerprint density at radius 3 is 2.50 bits per heavy atom. The fourth-order valence-electron chi connectivity index (χ4n) is 1.70. The highest BCUT2D eigenvalue weighted by Gasteiger charge is 2.34. The summed E-state index contributed by atoms with van der Waals surface area (Å²) in [6.07, 6.45) is -0.0149. The van der Waals surface area contributed by atoms with Gasteiger partial charge in [-0.2, -0.15) is 0 Å². The van der Waals surface area contributed by atoms with Gasteiger partial charge in [-0.25, -0.2) is 12.8 Å². The first-order valence-electron chi connectivity index (χ1n) is 4.90. The van der Waals surface area contributed by atoms with Crippen molar-refractivity contribution in [1.29, 1.82) is 0 Å². The number of allylic oxidation sites excluding steroid dienone is 1. The molecule has 1 rings (SSSR count). The van der Waals surface area contributed by atoms with E-state index in [4.69, 9.17) is 0 Å². The van der Waals surface area contributed by atoms with E-state index in [9.17, 15) is 12.8 Å². The van der Waals surface area contributed by atoms with Crippen molar-refractivity contribution in [3.05, 3.63) is 12.2 Å². The van der Waals surface area contributed by atoms with Crippen molar-refractivity contribution >= 4 is 9.84 Å². The molecule has 0 saturated heterocycles. The second-order valence-electron chi connectivity index (χ2n) is 4.16. The van der Waals surface area contributed by atoms with Gasteiger partial charge in [-0.05, 0) is 38.7 Å². The Bertz CT molecular complexity index is 319. The van der Waals surface area contributed by atoms with Crippen molar-refractivity contribution < 1.29 is 12.8 Å². The number of hydrogen-bond acceptors (Lipinski definition) is 2. The van der Waals surface area contributed by atoms with Gasteiger partial charge in [-0.1, -0.05) is 6.58 Å². The number of halogens is 1. The number of alkyl halides is 1. The first-order chi connectivity index (χ1) is 6.35. The molecule has 82 valence electrons. The van der Waals surface area contributed by atoms with E-state index in [0.717, 1.165) is 0 Å². The van der Waals surface area contributed by atoms with Crippen molar-refractivity contribution in [1.82, 2.24) is 0 Å². The molecule has 1 saturated carbocycles. The predicted octanol–water partition coefficient (Wildman–Crippen LogP) is 2.26. The number of rotatable bonds is 2. The molecule has 0 radical (unpaired) electrons. The molecule has 0 heterocycles. The van der Waals surface area contributed by atoms with Crippen molar-refractivity contribution in [2.24, 2.45) is 0 Å². The van der Waals surface area contributed by atoms with E-state index < -0.39 is 26.5 Å². The Morgan fingerprint density at radius 1 is 1.50 bits per heavy atom. The summed E-state index contributed by atoms with van der Waals surface area (Å²) < 4.78 is 36.7. The highest BCUT2D eigenvalue weighted by molar-refractivity contribution is 7.92. The lowest BCUT2D eigenvalue weighted by Gasteiger charge is -2.27. The zero-order valence-corrected chi connectivity index (χ0v) is 9.48. The number of sulfone groups is 1. The van der Waals surface area contributed by atoms with Crippen molar-refractivity contribution in [3.8, 4) is 0 Å². The average molecular weight is 220 g/mol. The Labute approximate surface area is 85.1 Å². The molecule has 0 aliphatic heterocycles. The number of hydrogen-bond donors (Lipinski definition) is 0. The molecule has 1 aliphatic rings. The summed E-state index contributed by atoms with van der Waals surface area (Å²) in [5.74, 6) is 0. The van der Waals surface area contributed by atoms with Crippen LogP contribution >= 0.6 is 0 Å². The van der Waals surface area contributed by atoms with Crippen LogP contribution in [0.4, 0.5) is 4.39 Å². The maximum absolute atomic E-state index is 13.3. The van der Waals surface area contributed by atoms with Crippen molar-refractivity contribution in [2.75, 3.05) is 0 Å². The molecular formula is C10H17FO2S. The molecule has 2 nitrogen and oxygen atoms in total. The van der Waals surface area contributed by atoms with Gasteiger partial charge in [-0.15, -0.1) is 0 Å². The van der Waals surface area contributed by atoms with Crippen LogP contribution in [0.2, 0.25) is 0 Å². The summed E-state index contributed by atoms with van der Waals surface area (Å²) in [7, 11) is -3.14. The molecule has 2 atom stereocenters. The minimum absolute atomic E-state index is 0.0966. The highest BCUT2D eigenvalue weighted by atomic mass is 32.2. The van der Waals surface area contributed by atoms with E-state index in [2.05, 4.69) is 6.58 Å². The normalized spacial score (nSPS) is 29.6. The van der Waals surface area contributed by atoms with Gasteiger partial charge in [0.2, 0.25) is 0 Å². The van der Waals surface area contributed by atoms with E-state index >= 15 is 0 Å². The summed E-state index contributed by atoms with van der Waals surface area (Å²) in [6.45, 7) is 6.88. The fraction of sp³-hybridized carbons (Fsp3) is 0.800. The van der Waals surface area contributed by atoms with Gasteiger partial charge >= 0.3 is 0 Å². The van der Waals surface area contributed by atoms with Crippen LogP contribution < -0.4 is 0 Å². The third-order valence-corrected chi connectivity index (χ3v) is 5.49. The van der Waals surface area contributed by atoms with Gasteiger partial charge in [0, 0.05) is 0 Å². The van der Waals surface area contributed by atoms with Gasteiger partial charge < -0.3 is 0 Å². The van der Waals surface area contributed by atoms with Crippen molar-refractivity contribution in [3.63, 3.8) is 0 Å². The van der Waals surface area contributed by atoms with E-state index in [1.807, 2.05) is 0 Å².